The van der Waals surface area contributed by atoms with E-state index in [2.05, 4.69) is 27.3 Å². The fourth-order valence-electron chi connectivity index (χ4n) is 0.983. The maximum atomic E-state index is 8.70. The van der Waals surface area contributed by atoms with Gasteiger partial charge < -0.3 is 5.32 Å². The van der Waals surface area contributed by atoms with Gasteiger partial charge in [-0.3, -0.25) is 0 Å². The Morgan fingerprint density at radius 3 is 2.78 bits per heavy atom. The van der Waals surface area contributed by atoms with Crippen LogP contribution in [0.1, 0.15) is 6.42 Å². The molecule has 1 heterocycles. The van der Waals surface area contributed by atoms with E-state index >= 15 is 0 Å². The molecule has 0 amide bonds. The average molecular weight is 189 g/mol. The van der Waals surface area contributed by atoms with E-state index in [-0.39, 0.29) is 5.41 Å². The number of nitrogens with one attached hydrogen (secondary N) is 1. The number of alkyl halides is 1. The molecule has 0 radical (unpaired) electrons. The van der Waals surface area contributed by atoms with Crippen LogP contribution in [0.15, 0.2) is 0 Å². The largest absolute Gasteiger partial charge is 0.315 e. The number of hydrogen-bond donors (Lipinski definition) is 1. The molecule has 0 bridgehead atoms. The summed E-state index contributed by atoms with van der Waals surface area (Å²) >= 11 is 3.33. The van der Waals surface area contributed by atoms with Crippen LogP contribution < -0.4 is 5.32 Å². The summed E-state index contributed by atoms with van der Waals surface area (Å²) in [4.78, 5) is 0. The van der Waals surface area contributed by atoms with Crippen molar-refractivity contribution in [3.05, 3.63) is 0 Å². The second kappa shape index (κ2) is 2.68. The van der Waals surface area contributed by atoms with E-state index in [1.165, 1.54) is 0 Å². The molecular formula is C6H9BrN2. The van der Waals surface area contributed by atoms with Crippen LogP contribution in [0.25, 0.3) is 0 Å². The maximum Gasteiger partial charge on any atom is 0.0806 e. The lowest BCUT2D eigenvalue weighted by molar-refractivity contribution is 0.511. The fourth-order valence-corrected chi connectivity index (χ4v) is 1.59. The van der Waals surface area contributed by atoms with Crippen molar-refractivity contribution in [2.75, 3.05) is 18.4 Å². The van der Waals surface area contributed by atoms with E-state index in [9.17, 15) is 0 Å². The third-order valence-corrected chi connectivity index (χ3v) is 2.81. The van der Waals surface area contributed by atoms with E-state index in [0.29, 0.717) is 0 Å². The molecule has 1 rings (SSSR count). The van der Waals surface area contributed by atoms with Crippen LogP contribution >= 0.6 is 15.9 Å². The summed E-state index contributed by atoms with van der Waals surface area (Å²) in [6.07, 6.45) is 0.981. The van der Waals surface area contributed by atoms with Gasteiger partial charge in [0.15, 0.2) is 0 Å². The van der Waals surface area contributed by atoms with Gasteiger partial charge in [0.1, 0.15) is 0 Å². The van der Waals surface area contributed by atoms with Crippen LogP contribution in [0.2, 0.25) is 0 Å². The van der Waals surface area contributed by atoms with E-state index < -0.39 is 0 Å². The number of halogens is 1. The van der Waals surface area contributed by atoms with Crippen molar-refractivity contribution in [1.29, 1.82) is 5.26 Å². The Kier molecular flexibility index (Phi) is 2.09. The molecule has 0 saturated carbocycles. The third-order valence-electron chi connectivity index (χ3n) is 1.74. The molecule has 1 unspecified atom stereocenters. The average Bonchev–Trinajstić information content (AvgIpc) is 2.36. The maximum absolute atomic E-state index is 8.70. The molecule has 1 atom stereocenters. The van der Waals surface area contributed by atoms with Gasteiger partial charge in [-0.05, 0) is 13.0 Å². The summed E-state index contributed by atoms with van der Waals surface area (Å²) in [5.74, 6) is 0. The van der Waals surface area contributed by atoms with E-state index in [4.69, 9.17) is 5.26 Å². The van der Waals surface area contributed by atoms with Gasteiger partial charge in [-0.15, -0.1) is 0 Å². The molecule has 50 valence electrons. The summed E-state index contributed by atoms with van der Waals surface area (Å²) in [6.45, 7) is 1.83. The molecule has 0 spiro atoms. The number of rotatable bonds is 1. The van der Waals surface area contributed by atoms with Gasteiger partial charge >= 0.3 is 0 Å². The summed E-state index contributed by atoms with van der Waals surface area (Å²) in [5.41, 5.74) is -0.111. The zero-order valence-electron chi connectivity index (χ0n) is 5.15. The molecule has 1 saturated heterocycles. The van der Waals surface area contributed by atoms with Gasteiger partial charge in [0.2, 0.25) is 0 Å². The molecule has 0 aromatic heterocycles. The van der Waals surface area contributed by atoms with Crippen LogP contribution in [-0.4, -0.2) is 18.4 Å². The summed E-state index contributed by atoms with van der Waals surface area (Å²) in [7, 11) is 0. The van der Waals surface area contributed by atoms with Crippen molar-refractivity contribution >= 4 is 15.9 Å². The summed E-state index contributed by atoms with van der Waals surface area (Å²) in [6, 6.07) is 2.32. The van der Waals surface area contributed by atoms with Crippen molar-refractivity contribution in [2.45, 2.75) is 6.42 Å². The van der Waals surface area contributed by atoms with Crippen LogP contribution in [0.4, 0.5) is 0 Å². The molecule has 3 heteroatoms. The smallest absolute Gasteiger partial charge is 0.0806 e. The highest BCUT2D eigenvalue weighted by molar-refractivity contribution is 9.09. The van der Waals surface area contributed by atoms with Crippen molar-refractivity contribution in [2.24, 2.45) is 5.41 Å². The minimum absolute atomic E-state index is 0.111. The normalized spacial score (nSPS) is 34.2. The Balaban J connectivity index is 2.59. The van der Waals surface area contributed by atoms with Crippen LogP contribution in [0, 0.1) is 16.7 Å². The van der Waals surface area contributed by atoms with Gasteiger partial charge in [0, 0.05) is 11.9 Å². The van der Waals surface area contributed by atoms with Crippen molar-refractivity contribution < 1.29 is 0 Å². The molecule has 1 fully saturated rings. The number of nitrogens with zero attached hydrogens (tertiary/aromatic N) is 1. The Labute approximate surface area is 63.4 Å². The van der Waals surface area contributed by atoms with Crippen LogP contribution in [-0.2, 0) is 0 Å². The highest BCUT2D eigenvalue weighted by atomic mass is 79.9. The van der Waals surface area contributed by atoms with E-state index in [1.54, 1.807) is 0 Å². The van der Waals surface area contributed by atoms with Gasteiger partial charge in [0.05, 0.1) is 11.5 Å². The lowest BCUT2D eigenvalue weighted by atomic mass is 9.92. The summed E-state index contributed by atoms with van der Waals surface area (Å²) < 4.78 is 0. The second-order valence-corrected chi connectivity index (χ2v) is 3.01. The number of hydrogen-bond acceptors (Lipinski definition) is 2. The van der Waals surface area contributed by atoms with E-state index in [0.717, 1.165) is 24.8 Å². The first-order valence-electron chi connectivity index (χ1n) is 3.01. The molecule has 0 aliphatic carbocycles. The molecule has 1 aliphatic heterocycles. The Hall–Kier alpha value is -0.0700. The first-order valence-corrected chi connectivity index (χ1v) is 4.13. The second-order valence-electron chi connectivity index (χ2n) is 2.45. The van der Waals surface area contributed by atoms with Crippen molar-refractivity contribution in [1.82, 2.24) is 5.32 Å². The van der Waals surface area contributed by atoms with Crippen LogP contribution in [0.3, 0.4) is 0 Å². The fraction of sp³-hybridized carbons (Fsp3) is 0.833. The van der Waals surface area contributed by atoms with E-state index in [1.807, 2.05) is 0 Å². The quantitative estimate of drug-likeness (QED) is 0.621. The minimum atomic E-state index is -0.111. The minimum Gasteiger partial charge on any atom is -0.315 e. The first kappa shape index (κ1) is 7.04. The molecule has 2 nitrogen and oxygen atoms in total. The Morgan fingerprint density at radius 2 is 2.56 bits per heavy atom. The highest BCUT2D eigenvalue weighted by Gasteiger charge is 2.32. The Morgan fingerprint density at radius 1 is 1.78 bits per heavy atom. The number of nitriles is 1. The molecule has 9 heavy (non-hydrogen) atoms. The third kappa shape index (κ3) is 1.25. The standard InChI is InChI=1S/C6H9BrN2/c7-3-6(4-8)1-2-9-5-6/h9H,1-3,5H2. The van der Waals surface area contributed by atoms with Gasteiger partial charge in [-0.1, -0.05) is 15.9 Å². The zero-order chi connectivity index (χ0) is 6.74. The summed E-state index contributed by atoms with van der Waals surface area (Å²) in [5, 5.41) is 12.7. The lowest BCUT2D eigenvalue weighted by Gasteiger charge is -2.13. The van der Waals surface area contributed by atoms with Crippen molar-refractivity contribution in [3.63, 3.8) is 0 Å². The highest BCUT2D eigenvalue weighted by Crippen LogP contribution is 2.25. The predicted octanol–water partition coefficient (Wildman–Crippen LogP) is 0.885. The van der Waals surface area contributed by atoms with Gasteiger partial charge in [-0.2, -0.15) is 5.26 Å². The van der Waals surface area contributed by atoms with Crippen molar-refractivity contribution in [3.8, 4) is 6.07 Å². The zero-order valence-corrected chi connectivity index (χ0v) is 6.74. The first-order chi connectivity index (χ1) is 4.33. The lowest BCUT2D eigenvalue weighted by Crippen LogP contribution is -2.23. The molecule has 1 N–H and O–H groups in total. The van der Waals surface area contributed by atoms with Gasteiger partial charge in [-0.25, -0.2) is 0 Å². The molecular weight excluding hydrogens is 180 g/mol. The predicted molar refractivity (Wildman–Crippen MR) is 39.3 cm³/mol. The topological polar surface area (TPSA) is 35.8 Å². The SMILES string of the molecule is N#CC1(CBr)CCNC1. The molecule has 1 aliphatic rings. The molecule has 0 aromatic rings. The Bertz CT molecular complexity index is 132. The van der Waals surface area contributed by atoms with Gasteiger partial charge in [0.25, 0.3) is 0 Å². The monoisotopic (exact) mass is 188 g/mol. The molecule has 0 aromatic carbocycles. The van der Waals surface area contributed by atoms with Crippen LogP contribution in [0.5, 0.6) is 0 Å².